The van der Waals surface area contributed by atoms with Crippen LogP contribution in [0.2, 0.25) is 0 Å². The van der Waals surface area contributed by atoms with Gasteiger partial charge in [0.2, 0.25) is 5.91 Å². The molecule has 1 amide bonds. The standard InChI is InChI=1S/C19H25NO3/c21-17(14-15-5-4-6-16(13-15)18(22)23)20-11-9-19(10-12-20)7-2-1-3-8-19/h4-6,13H,1-3,7-12,14H2,(H,22,23). The van der Waals surface area contributed by atoms with E-state index in [1.807, 2.05) is 11.0 Å². The van der Waals surface area contributed by atoms with Gasteiger partial charge in [-0.3, -0.25) is 4.79 Å². The second-order valence-corrected chi connectivity index (χ2v) is 7.12. The minimum absolute atomic E-state index is 0.123. The predicted molar refractivity (Wildman–Crippen MR) is 88.4 cm³/mol. The van der Waals surface area contributed by atoms with Gasteiger partial charge in [0.05, 0.1) is 12.0 Å². The molecule has 0 radical (unpaired) electrons. The first kappa shape index (κ1) is 16.0. The number of benzene rings is 1. The Morgan fingerprint density at radius 2 is 1.74 bits per heavy atom. The highest BCUT2D eigenvalue weighted by atomic mass is 16.4. The fraction of sp³-hybridized carbons (Fsp3) is 0.579. The number of carbonyl (C=O) groups is 2. The van der Waals surface area contributed by atoms with Crippen molar-refractivity contribution in [2.45, 2.75) is 51.4 Å². The van der Waals surface area contributed by atoms with Crippen LogP contribution in [0.5, 0.6) is 0 Å². The normalized spacial score (nSPS) is 20.4. The van der Waals surface area contributed by atoms with Gasteiger partial charge in [-0.25, -0.2) is 4.79 Å². The predicted octanol–water partition coefficient (Wildman–Crippen LogP) is 3.50. The van der Waals surface area contributed by atoms with Crippen molar-refractivity contribution in [3.05, 3.63) is 35.4 Å². The van der Waals surface area contributed by atoms with Gasteiger partial charge in [-0.05, 0) is 48.8 Å². The zero-order valence-corrected chi connectivity index (χ0v) is 13.6. The van der Waals surface area contributed by atoms with Crippen molar-refractivity contribution < 1.29 is 14.7 Å². The topological polar surface area (TPSA) is 57.6 Å². The lowest BCUT2D eigenvalue weighted by Gasteiger charge is -2.44. The van der Waals surface area contributed by atoms with E-state index in [0.29, 0.717) is 11.8 Å². The lowest BCUT2D eigenvalue weighted by Crippen LogP contribution is -2.44. The number of nitrogens with zero attached hydrogens (tertiary/aromatic N) is 1. The molecule has 2 fully saturated rings. The largest absolute Gasteiger partial charge is 0.478 e. The molecule has 0 atom stereocenters. The molecular formula is C19H25NO3. The van der Waals surface area contributed by atoms with E-state index in [4.69, 9.17) is 5.11 Å². The molecule has 1 aromatic carbocycles. The van der Waals surface area contributed by atoms with Crippen LogP contribution in [0.3, 0.4) is 0 Å². The SMILES string of the molecule is O=C(O)c1cccc(CC(=O)N2CCC3(CCCCC3)CC2)c1. The van der Waals surface area contributed by atoms with Gasteiger partial charge in [-0.2, -0.15) is 0 Å². The van der Waals surface area contributed by atoms with Gasteiger partial charge in [-0.15, -0.1) is 0 Å². The van der Waals surface area contributed by atoms with Gasteiger partial charge >= 0.3 is 5.97 Å². The summed E-state index contributed by atoms with van der Waals surface area (Å²) in [5, 5.41) is 9.04. The van der Waals surface area contributed by atoms with Crippen LogP contribution in [-0.2, 0) is 11.2 Å². The summed E-state index contributed by atoms with van der Waals surface area (Å²) >= 11 is 0. The molecule has 0 bridgehead atoms. The van der Waals surface area contributed by atoms with Gasteiger partial charge in [0.1, 0.15) is 0 Å². The minimum Gasteiger partial charge on any atom is -0.478 e. The summed E-state index contributed by atoms with van der Waals surface area (Å²) in [5.41, 5.74) is 1.53. The van der Waals surface area contributed by atoms with Crippen LogP contribution in [0.15, 0.2) is 24.3 Å². The van der Waals surface area contributed by atoms with E-state index >= 15 is 0 Å². The van der Waals surface area contributed by atoms with E-state index in [9.17, 15) is 9.59 Å². The van der Waals surface area contributed by atoms with Crippen molar-refractivity contribution in [1.29, 1.82) is 0 Å². The zero-order valence-electron chi connectivity index (χ0n) is 13.6. The summed E-state index contributed by atoms with van der Waals surface area (Å²) in [5.74, 6) is -0.824. The average Bonchev–Trinajstić information content (AvgIpc) is 2.56. The molecule has 4 nitrogen and oxygen atoms in total. The molecule has 124 valence electrons. The molecule has 0 aromatic heterocycles. The minimum atomic E-state index is -0.948. The van der Waals surface area contributed by atoms with E-state index in [0.717, 1.165) is 31.5 Å². The summed E-state index contributed by atoms with van der Waals surface area (Å²) in [6.45, 7) is 1.72. The number of piperidine rings is 1. The van der Waals surface area contributed by atoms with Gasteiger partial charge in [0.15, 0.2) is 0 Å². The number of hydrogen-bond donors (Lipinski definition) is 1. The molecule has 3 rings (SSSR count). The molecule has 1 spiro atoms. The number of carboxylic acids is 1. The Hall–Kier alpha value is -1.84. The second kappa shape index (κ2) is 6.73. The molecule has 1 heterocycles. The summed E-state index contributed by atoms with van der Waals surface area (Å²) in [6, 6.07) is 6.70. The third-order valence-corrected chi connectivity index (χ3v) is 5.62. The van der Waals surface area contributed by atoms with Crippen LogP contribution in [0.1, 0.15) is 60.9 Å². The van der Waals surface area contributed by atoms with Crippen molar-refractivity contribution in [3.8, 4) is 0 Å². The molecule has 1 aliphatic heterocycles. The molecule has 1 aromatic rings. The Kier molecular flexibility index (Phi) is 4.69. The summed E-state index contributed by atoms with van der Waals surface area (Å²) in [6.07, 6.45) is 9.28. The lowest BCUT2D eigenvalue weighted by atomic mass is 9.68. The monoisotopic (exact) mass is 315 g/mol. The molecule has 2 aliphatic rings. The maximum absolute atomic E-state index is 12.5. The Bertz CT molecular complexity index is 580. The van der Waals surface area contributed by atoms with E-state index in [1.165, 1.54) is 32.1 Å². The average molecular weight is 315 g/mol. The van der Waals surface area contributed by atoms with Crippen LogP contribution >= 0.6 is 0 Å². The smallest absolute Gasteiger partial charge is 0.335 e. The van der Waals surface area contributed by atoms with Crippen LogP contribution < -0.4 is 0 Å². The maximum atomic E-state index is 12.5. The summed E-state index contributed by atoms with van der Waals surface area (Å²) in [7, 11) is 0. The number of amides is 1. The Labute approximate surface area is 137 Å². The van der Waals surface area contributed by atoms with Crippen molar-refractivity contribution in [2.24, 2.45) is 5.41 Å². The quantitative estimate of drug-likeness (QED) is 0.928. The van der Waals surface area contributed by atoms with Crippen LogP contribution in [0.25, 0.3) is 0 Å². The highest BCUT2D eigenvalue weighted by Gasteiger charge is 2.36. The van der Waals surface area contributed by atoms with E-state index in [2.05, 4.69) is 0 Å². The molecule has 1 saturated carbocycles. The number of aromatic carboxylic acids is 1. The van der Waals surface area contributed by atoms with Crippen molar-refractivity contribution in [1.82, 2.24) is 4.90 Å². The van der Waals surface area contributed by atoms with Crippen molar-refractivity contribution in [2.75, 3.05) is 13.1 Å². The van der Waals surface area contributed by atoms with Crippen LogP contribution in [0, 0.1) is 5.41 Å². The molecule has 0 unspecified atom stereocenters. The first-order valence-electron chi connectivity index (χ1n) is 8.68. The van der Waals surface area contributed by atoms with Gasteiger partial charge in [-0.1, -0.05) is 31.4 Å². The first-order valence-corrected chi connectivity index (χ1v) is 8.68. The molecule has 1 aliphatic carbocycles. The number of rotatable bonds is 3. The van der Waals surface area contributed by atoms with E-state index in [1.54, 1.807) is 18.2 Å². The number of likely N-dealkylation sites (tertiary alicyclic amines) is 1. The highest BCUT2D eigenvalue weighted by molar-refractivity contribution is 5.88. The lowest BCUT2D eigenvalue weighted by molar-refractivity contribution is -0.133. The number of carbonyl (C=O) groups excluding carboxylic acids is 1. The molecule has 1 saturated heterocycles. The van der Waals surface area contributed by atoms with Crippen LogP contribution in [-0.4, -0.2) is 35.0 Å². The maximum Gasteiger partial charge on any atom is 0.335 e. The first-order chi connectivity index (χ1) is 11.1. The number of hydrogen-bond acceptors (Lipinski definition) is 2. The summed E-state index contributed by atoms with van der Waals surface area (Å²) < 4.78 is 0. The zero-order chi connectivity index (χ0) is 16.3. The van der Waals surface area contributed by atoms with E-state index < -0.39 is 5.97 Å². The Morgan fingerprint density at radius 3 is 2.39 bits per heavy atom. The third kappa shape index (κ3) is 3.74. The van der Waals surface area contributed by atoms with Gasteiger partial charge < -0.3 is 10.0 Å². The van der Waals surface area contributed by atoms with Crippen LogP contribution in [0.4, 0.5) is 0 Å². The molecule has 4 heteroatoms. The second-order valence-electron chi connectivity index (χ2n) is 7.12. The number of carboxylic acid groups (broad SMARTS) is 1. The van der Waals surface area contributed by atoms with Crippen molar-refractivity contribution >= 4 is 11.9 Å². The Balaban J connectivity index is 1.57. The van der Waals surface area contributed by atoms with Crippen molar-refractivity contribution in [3.63, 3.8) is 0 Å². The van der Waals surface area contributed by atoms with Gasteiger partial charge in [0, 0.05) is 13.1 Å². The van der Waals surface area contributed by atoms with E-state index in [-0.39, 0.29) is 11.5 Å². The molecular weight excluding hydrogens is 290 g/mol. The summed E-state index contributed by atoms with van der Waals surface area (Å²) in [4.78, 5) is 25.5. The fourth-order valence-corrected chi connectivity index (χ4v) is 4.13. The van der Waals surface area contributed by atoms with Gasteiger partial charge in [0.25, 0.3) is 0 Å². The fourth-order valence-electron chi connectivity index (χ4n) is 4.13. The highest BCUT2D eigenvalue weighted by Crippen LogP contribution is 2.44. The Morgan fingerprint density at radius 1 is 1.04 bits per heavy atom. The third-order valence-electron chi connectivity index (χ3n) is 5.62. The molecule has 23 heavy (non-hydrogen) atoms. The molecule has 1 N–H and O–H groups in total.